The quantitative estimate of drug-likeness (QED) is 0.940. The number of nitrogens with zero attached hydrogens (tertiary/aromatic N) is 3. The Bertz CT molecular complexity index is 494. The summed E-state index contributed by atoms with van der Waals surface area (Å²) in [5.41, 5.74) is 0. The summed E-state index contributed by atoms with van der Waals surface area (Å²) in [6.45, 7) is 2.41. The summed E-state index contributed by atoms with van der Waals surface area (Å²) in [7, 11) is 0. The first-order chi connectivity index (χ1) is 8.47. The summed E-state index contributed by atoms with van der Waals surface area (Å²) in [6, 6.07) is 0. The van der Waals surface area contributed by atoms with Gasteiger partial charge in [0.25, 0.3) is 0 Å². The van der Waals surface area contributed by atoms with E-state index >= 15 is 0 Å². The van der Waals surface area contributed by atoms with Crippen LogP contribution in [-0.4, -0.2) is 20.9 Å². The molecule has 0 aliphatic heterocycles. The van der Waals surface area contributed by atoms with Crippen molar-refractivity contribution in [2.45, 2.75) is 19.0 Å². The number of anilines is 1. The van der Waals surface area contributed by atoms with E-state index in [1.54, 1.807) is 6.20 Å². The highest BCUT2D eigenvalue weighted by molar-refractivity contribution is 7.10. The van der Waals surface area contributed by atoms with Crippen LogP contribution in [-0.2, 0) is 6.18 Å². The van der Waals surface area contributed by atoms with E-state index in [-0.39, 0.29) is 11.0 Å². The molecule has 2 aromatic heterocycles. The fourth-order valence-electron chi connectivity index (χ4n) is 1.22. The molecule has 2 aromatic rings. The van der Waals surface area contributed by atoms with E-state index in [0.717, 1.165) is 5.01 Å². The fraction of sp³-hybridized carbons (Fsp3) is 0.444. The van der Waals surface area contributed by atoms with Gasteiger partial charge in [0.05, 0.1) is 5.01 Å². The van der Waals surface area contributed by atoms with Crippen LogP contribution in [0.5, 0.6) is 0 Å². The zero-order chi connectivity index (χ0) is 13.2. The minimum Gasteiger partial charge on any atom is -0.360 e. The van der Waals surface area contributed by atoms with Gasteiger partial charge in [0.1, 0.15) is 0 Å². The minimum absolute atomic E-state index is 0.114. The lowest BCUT2D eigenvalue weighted by Gasteiger charge is -2.08. The van der Waals surface area contributed by atoms with Gasteiger partial charge in [-0.3, -0.25) is 0 Å². The van der Waals surface area contributed by atoms with Gasteiger partial charge < -0.3 is 5.32 Å². The van der Waals surface area contributed by atoms with E-state index in [4.69, 9.17) is 0 Å². The highest BCUT2D eigenvalue weighted by Gasteiger charge is 2.36. The molecule has 1 unspecified atom stereocenters. The van der Waals surface area contributed by atoms with Gasteiger partial charge in [0.2, 0.25) is 11.0 Å². The summed E-state index contributed by atoms with van der Waals surface area (Å²) in [5.74, 6) is -0.986. The maximum Gasteiger partial charge on any atom is 0.452 e. The molecule has 1 N–H and O–H groups in total. The Morgan fingerprint density at radius 2 is 2.22 bits per heavy atom. The molecular weight excluding hydrogens is 285 g/mol. The van der Waals surface area contributed by atoms with Crippen LogP contribution in [0, 0.1) is 0 Å². The average molecular weight is 294 g/mol. The average Bonchev–Trinajstić information content (AvgIpc) is 2.96. The van der Waals surface area contributed by atoms with Crippen molar-refractivity contribution in [3.63, 3.8) is 0 Å². The van der Waals surface area contributed by atoms with Gasteiger partial charge in [-0.1, -0.05) is 6.92 Å². The van der Waals surface area contributed by atoms with Crippen molar-refractivity contribution in [1.82, 2.24) is 14.3 Å². The second kappa shape index (κ2) is 5.19. The van der Waals surface area contributed by atoms with Gasteiger partial charge in [-0.05, 0) is 0 Å². The van der Waals surface area contributed by atoms with Gasteiger partial charge in [0.15, 0.2) is 0 Å². The number of hydrogen-bond acceptors (Lipinski definition) is 6. The molecule has 0 fully saturated rings. The first-order valence-electron chi connectivity index (χ1n) is 5.01. The molecule has 2 heterocycles. The first kappa shape index (κ1) is 13.2. The number of halogens is 3. The van der Waals surface area contributed by atoms with Crippen molar-refractivity contribution in [3.8, 4) is 0 Å². The van der Waals surface area contributed by atoms with Crippen molar-refractivity contribution >= 4 is 28.0 Å². The fourth-order valence-corrected chi connectivity index (χ4v) is 2.51. The van der Waals surface area contributed by atoms with Crippen LogP contribution in [0.1, 0.15) is 23.7 Å². The third-order valence-electron chi connectivity index (χ3n) is 2.11. The monoisotopic (exact) mass is 294 g/mol. The molecule has 0 spiro atoms. The Balaban J connectivity index is 1.93. The zero-order valence-electron chi connectivity index (χ0n) is 9.23. The number of aromatic nitrogens is 3. The highest BCUT2D eigenvalue weighted by Crippen LogP contribution is 2.29. The Morgan fingerprint density at radius 3 is 2.78 bits per heavy atom. The molecule has 2 rings (SSSR count). The van der Waals surface area contributed by atoms with Crippen LogP contribution >= 0.6 is 22.9 Å². The van der Waals surface area contributed by atoms with Crippen LogP contribution in [0.4, 0.5) is 18.3 Å². The lowest BCUT2D eigenvalue weighted by Crippen LogP contribution is -2.11. The summed E-state index contributed by atoms with van der Waals surface area (Å²) < 4.78 is 40.1. The van der Waals surface area contributed by atoms with Crippen molar-refractivity contribution < 1.29 is 13.2 Å². The summed E-state index contributed by atoms with van der Waals surface area (Å²) in [5, 5.41) is 5.80. The Kier molecular flexibility index (Phi) is 3.81. The molecular formula is C9H9F3N4S2. The largest absolute Gasteiger partial charge is 0.452 e. The van der Waals surface area contributed by atoms with Crippen LogP contribution in [0.15, 0.2) is 11.6 Å². The number of hydrogen-bond donors (Lipinski definition) is 1. The second-order valence-electron chi connectivity index (χ2n) is 3.57. The predicted octanol–water partition coefficient (Wildman–Crippen LogP) is 3.23. The van der Waals surface area contributed by atoms with Gasteiger partial charge in [-0.2, -0.15) is 22.5 Å². The van der Waals surface area contributed by atoms with Crippen LogP contribution < -0.4 is 5.32 Å². The minimum atomic E-state index is -4.49. The third-order valence-corrected chi connectivity index (χ3v) is 3.79. The van der Waals surface area contributed by atoms with Crippen molar-refractivity contribution in [1.29, 1.82) is 0 Å². The number of alkyl halides is 3. The van der Waals surface area contributed by atoms with E-state index in [0.29, 0.717) is 18.1 Å². The van der Waals surface area contributed by atoms with E-state index < -0.39 is 12.0 Å². The topological polar surface area (TPSA) is 50.7 Å². The molecule has 0 bridgehead atoms. The standard InChI is InChI=1S/C9H9F3N4S2/c1-5(6-13-2-3-17-6)4-14-8-15-7(16-18-8)9(10,11)12/h2-3,5H,4H2,1H3,(H,14,15,16). The SMILES string of the molecule is CC(CNc1nc(C(F)(F)F)ns1)c1nccs1. The maximum atomic E-state index is 12.3. The smallest absolute Gasteiger partial charge is 0.360 e. The number of nitrogens with one attached hydrogen (secondary N) is 1. The lowest BCUT2D eigenvalue weighted by atomic mass is 10.2. The van der Waals surface area contributed by atoms with Gasteiger partial charge in [-0.25, -0.2) is 4.98 Å². The second-order valence-corrected chi connectivity index (χ2v) is 5.25. The van der Waals surface area contributed by atoms with Gasteiger partial charge >= 0.3 is 6.18 Å². The number of thiazole rings is 1. The van der Waals surface area contributed by atoms with E-state index in [2.05, 4.69) is 19.7 Å². The third kappa shape index (κ3) is 3.16. The van der Waals surface area contributed by atoms with E-state index in [1.807, 2.05) is 12.3 Å². The molecule has 18 heavy (non-hydrogen) atoms. The summed E-state index contributed by atoms with van der Waals surface area (Å²) >= 11 is 2.22. The Labute approximate surface area is 109 Å². The van der Waals surface area contributed by atoms with Crippen LogP contribution in [0.2, 0.25) is 0 Å². The van der Waals surface area contributed by atoms with Crippen LogP contribution in [0.25, 0.3) is 0 Å². The van der Waals surface area contributed by atoms with Crippen molar-refractivity contribution in [2.75, 3.05) is 11.9 Å². The molecule has 98 valence electrons. The molecule has 0 saturated carbocycles. The van der Waals surface area contributed by atoms with Gasteiger partial charge in [0, 0.05) is 35.6 Å². The Morgan fingerprint density at radius 1 is 1.44 bits per heavy atom. The lowest BCUT2D eigenvalue weighted by molar-refractivity contribution is -0.144. The molecule has 0 radical (unpaired) electrons. The van der Waals surface area contributed by atoms with E-state index in [9.17, 15) is 13.2 Å². The number of rotatable bonds is 4. The molecule has 1 atom stereocenters. The van der Waals surface area contributed by atoms with Crippen molar-refractivity contribution in [2.24, 2.45) is 0 Å². The van der Waals surface area contributed by atoms with Crippen LogP contribution in [0.3, 0.4) is 0 Å². The molecule has 0 aliphatic rings. The zero-order valence-corrected chi connectivity index (χ0v) is 10.9. The Hall–Kier alpha value is -1.22. The normalized spacial score (nSPS) is 13.6. The molecule has 0 aromatic carbocycles. The molecule has 0 aliphatic carbocycles. The van der Waals surface area contributed by atoms with E-state index in [1.165, 1.54) is 11.3 Å². The maximum absolute atomic E-state index is 12.3. The summed E-state index contributed by atoms with van der Waals surface area (Å²) in [6.07, 6.45) is -2.79. The molecule has 9 heteroatoms. The first-order valence-corrected chi connectivity index (χ1v) is 6.66. The summed E-state index contributed by atoms with van der Waals surface area (Å²) in [4.78, 5) is 7.53. The molecule has 0 saturated heterocycles. The predicted molar refractivity (Wildman–Crippen MR) is 63.9 cm³/mol. The highest BCUT2D eigenvalue weighted by atomic mass is 32.1. The van der Waals surface area contributed by atoms with Crippen molar-refractivity contribution in [3.05, 3.63) is 22.4 Å². The molecule has 4 nitrogen and oxygen atoms in total. The van der Waals surface area contributed by atoms with Gasteiger partial charge in [-0.15, -0.1) is 11.3 Å². The molecule has 0 amide bonds.